The van der Waals surface area contributed by atoms with Crippen molar-refractivity contribution in [2.24, 2.45) is 0 Å². The lowest BCUT2D eigenvalue weighted by Gasteiger charge is -2.32. The van der Waals surface area contributed by atoms with Gasteiger partial charge in [-0.05, 0) is 6.92 Å². The average molecular weight is 316 g/mol. The molecule has 1 saturated heterocycles. The van der Waals surface area contributed by atoms with Gasteiger partial charge in [-0.1, -0.05) is 0 Å². The van der Waals surface area contributed by atoms with Gasteiger partial charge in [-0.2, -0.15) is 4.98 Å². The standard InChI is InChI=1S/C12H16N2O6.CH4O/c1-5-3-14-8-2-6(20-12(14)13-11(5)18)9(16)10(17)7(4-15)19-8;1-2/h3,6-10,15-17H,2,4H2,1H3;2H,1H3/t6-,7-,8-,9+,10-;/m1./s1. The highest BCUT2D eigenvalue weighted by Gasteiger charge is 2.44. The second kappa shape index (κ2) is 6.71. The summed E-state index contributed by atoms with van der Waals surface area (Å²) in [6, 6.07) is 0.0479. The highest BCUT2D eigenvalue weighted by atomic mass is 16.6. The Kier molecular flexibility index (Phi) is 5.14. The number of aliphatic hydroxyl groups excluding tert-OH is 4. The van der Waals surface area contributed by atoms with E-state index in [4.69, 9.17) is 14.6 Å². The molecule has 2 aliphatic rings. The second-order valence-corrected chi connectivity index (χ2v) is 5.10. The maximum atomic E-state index is 11.6. The van der Waals surface area contributed by atoms with Gasteiger partial charge in [-0.3, -0.25) is 9.36 Å². The van der Waals surface area contributed by atoms with E-state index in [2.05, 4.69) is 4.98 Å². The topological polar surface area (TPSA) is 134 Å². The number of hydrogen-bond acceptors (Lipinski definition) is 8. The third-order valence-electron chi connectivity index (χ3n) is 3.71. The van der Waals surface area contributed by atoms with Crippen molar-refractivity contribution in [3.63, 3.8) is 0 Å². The number of aryl methyl sites for hydroxylation is 1. The fraction of sp³-hybridized carbons (Fsp3) is 0.692. The summed E-state index contributed by atoms with van der Waals surface area (Å²) in [4.78, 5) is 15.4. The van der Waals surface area contributed by atoms with E-state index < -0.39 is 42.8 Å². The van der Waals surface area contributed by atoms with Crippen LogP contribution in [0.5, 0.6) is 6.01 Å². The molecule has 0 radical (unpaired) electrons. The molecule has 2 bridgehead atoms. The van der Waals surface area contributed by atoms with Crippen LogP contribution in [0.25, 0.3) is 0 Å². The minimum Gasteiger partial charge on any atom is -0.458 e. The summed E-state index contributed by atoms with van der Waals surface area (Å²) >= 11 is 0. The number of aliphatic hydroxyl groups is 4. The Morgan fingerprint density at radius 2 is 2.05 bits per heavy atom. The quantitative estimate of drug-likeness (QED) is 0.464. The number of rotatable bonds is 1. The molecule has 1 aromatic heterocycles. The summed E-state index contributed by atoms with van der Waals surface area (Å²) in [5, 5.41) is 36.2. The lowest BCUT2D eigenvalue weighted by molar-refractivity contribution is -0.128. The van der Waals surface area contributed by atoms with E-state index in [0.29, 0.717) is 12.0 Å². The Morgan fingerprint density at radius 3 is 2.68 bits per heavy atom. The molecule has 124 valence electrons. The molecule has 5 atom stereocenters. The van der Waals surface area contributed by atoms with Crippen molar-refractivity contribution in [3.8, 4) is 6.01 Å². The van der Waals surface area contributed by atoms with Gasteiger partial charge in [0.15, 0.2) is 0 Å². The first kappa shape index (κ1) is 16.8. The van der Waals surface area contributed by atoms with E-state index in [0.717, 1.165) is 7.11 Å². The van der Waals surface area contributed by atoms with Crippen LogP contribution in [-0.2, 0) is 4.74 Å². The zero-order valence-electron chi connectivity index (χ0n) is 12.3. The van der Waals surface area contributed by atoms with Crippen LogP contribution in [0.1, 0.15) is 18.2 Å². The first-order chi connectivity index (χ1) is 10.5. The Balaban J connectivity index is 0.000000847. The van der Waals surface area contributed by atoms with Crippen molar-refractivity contribution in [2.75, 3.05) is 13.7 Å². The van der Waals surface area contributed by atoms with E-state index in [1.807, 2.05) is 0 Å². The molecular weight excluding hydrogens is 296 g/mol. The molecule has 0 aliphatic carbocycles. The molecule has 2 aliphatic heterocycles. The van der Waals surface area contributed by atoms with Crippen LogP contribution in [0.15, 0.2) is 11.0 Å². The Hall–Kier alpha value is -1.52. The van der Waals surface area contributed by atoms with Gasteiger partial charge in [0.2, 0.25) is 0 Å². The minimum absolute atomic E-state index is 0.0479. The molecule has 1 fully saturated rings. The third-order valence-corrected chi connectivity index (χ3v) is 3.71. The normalized spacial score (nSPS) is 32.9. The summed E-state index contributed by atoms with van der Waals surface area (Å²) in [5.41, 5.74) is 0.0222. The van der Waals surface area contributed by atoms with Gasteiger partial charge in [0, 0.05) is 25.3 Å². The molecule has 0 aromatic carbocycles. The maximum absolute atomic E-state index is 11.6. The summed E-state index contributed by atoms with van der Waals surface area (Å²) in [5.74, 6) is 0. The Morgan fingerprint density at radius 1 is 1.36 bits per heavy atom. The molecule has 1 aromatic rings. The Labute approximate surface area is 126 Å². The van der Waals surface area contributed by atoms with Crippen LogP contribution in [0.3, 0.4) is 0 Å². The second-order valence-electron chi connectivity index (χ2n) is 5.10. The molecule has 9 nitrogen and oxygen atoms in total. The lowest BCUT2D eigenvalue weighted by Crippen LogP contribution is -2.46. The summed E-state index contributed by atoms with van der Waals surface area (Å²) in [7, 11) is 1.00. The molecule has 0 saturated carbocycles. The number of aromatic nitrogens is 2. The predicted octanol–water partition coefficient (Wildman–Crippen LogP) is -2.08. The van der Waals surface area contributed by atoms with Crippen molar-refractivity contribution in [2.45, 2.75) is 44.0 Å². The van der Waals surface area contributed by atoms with Crippen LogP contribution >= 0.6 is 0 Å². The first-order valence-electron chi connectivity index (χ1n) is 6.85. The molecule has 0 amide bonds. The molecule has 3 heterocycles. The van der Waals surface area contributed by atoms with Crippen LogP contribution in [0.4, 0.5) is 0 Å². The Bertz CT molecular complexity index is 576. The van der Waals surface area contributed by atoms with E-state index in [1.54, 1.807) is 17.7 Å². The fourth-order valence-corrected chi connectivity index (χ4v) is 2.54. The number of ether oxygens (including phenoxy) is 2. The summed E-state index contributed by atoms with van der Waals surface area (Å²) in [6.07, 6.45) is -2.84. The van der Waals surface area contributed by atoms with Gasteiger partial charge in [0.1, 0.15) is 30.6 Å². The monoisotopic (exact) mass is 316 g/mol. The van der Waals surface area contributed by atoms with Gasteiger partial charge in [-0.25, -0.2) is 0 Å². The van der Waals surface area contributed by atoms with E-state index >= 15 is 0 Å². The molecule has 4 N–H and O–H groups in total. The first-order valence-corrected chi connectivity index (χ1v) is 6.85. The fourth-order valence-electron chi connectivity index (χ4n) is 2.54. The van der Waals surface area contributed by atoms with Gasteiger partial charge in [-0.15, -0.1) is 0 Å². The van der Waals surface area contributed by atoms with E-state index in [1.165, 1.54) is 0 Å². The zero-order valence-corrected chi connectivity index (χ0v) is 12.3. The minimum atomic E-state index is -1.27. The van der Waals surface area contributed by atoms with Crippen LogP contribution in [0.2, 0.25) is 0 Å². The van der Waals surface area contributed by atoms with Crippen LogP contribution < -0.4 is 10.3 Å². The molecular formula is C13H20N2O7. The third kappa shape index (κ3) is 2.85. The van der Waals surface area contributed by atoms with E-state index in [9.17, 15) is 20.1 Å². The van der Waals surface area contributed by atoms with Crippen LogP contribution in [0, 0.1) is 6.92 Å². The van der Waals surface area contributed by atoms with Gasteiger partial charge < -0.3 is 29.9 Å². The molecule has 3 rings (SSSR count). The maximum Gasteiger partial charge on any atom is 0.302 e. The SMILES string of the molecule is CO.Cc1cn2c(nc1=O)O[C@@H]1C[C@H]2O[C@H](CO)[C@@H](O)[C@H]1O. The largest absolute Gasteiger partial charge is 0.458 e. The highest BCUT2D eigenvalue weighted by molar-refractivity contribution is 5.12. The van der Waals surface area contributed by atoms with Gasteiger partial charge in [0.05, 0.1) is 6.61 Å². The predicted molar refractivity (Wildman–Crippen MR) is 73.4 cm³/mol. The van der Waals surface area contributed by atoms with Crippen molar-refractivity contribution in [1.29, 1.82) is 0 Å². The van der Waals surface area contributed by atoms with Crippen LogP contribution in [-0.4, -0.2) is 68.1 Å². The van der Waals surface area contributed by atoms with Crippen molar-refractivity contribution in [3.05, 3.63) is 22.1 Å². The van der Waals surface area contributed by atoms with Gasteiger partial charge in [0.25, 0.3) is 5.56 Å². The summed E-state index contributed by atoms with van der Waals surface area (Å²) < 4.78 is 12.6. The lowest BCUT2D eigenvalue weighted by atomic mass is 10.0. The van der Waals surface area contributed by atoms with Gasteiger partial charge >= 0.3 is 6.01 Å². The highest BCUT2D eigenvalue weighted by Crippen LogP contribution is 2.35. The van der Waals surface area contributed by atoms with E-state index in [-0.39, 0.29) is 6.01 Å². The molecule has 0 spiro atoms. The zero-order chi connectivity index (χ0) is 16.4. The van der Waals surface area contributed by atoms with Crippen molar-refractivity contribution in [1.82, 2.24) is 9.55 Å². The molecule has 9 heteroatoms. The average Bonchev–Trinajstić information content (AvgIpc) is 2.62. The number of hydrogen-bond donors (Lipinski definition) is 4. The summed E-state index contributed by atoms with van der Waals surface area (Å²) in [6.45, 7) is 1.20. The number of nitrogens with zero attached hydrogens (tertiary/aromatic N) is 2. The van der Waals surface area contributed by atoms with Crippen molar-refractivity contribution >= 4 is 0 Å². The smallest absolute Gasteiger partial charge is 0.302 e. The number of fused-ring (bicyclic) bond motifs is 4. The molecule has 0 unspecified atom stereocenters. The van der Waals surface area contributed by atoms with Crippen molar-refractivity contribution < 1.29 is 29.9 Å². The molecule has 22 heavy (non-hydrogen) atoms.